The van der Waals surface area contributed by atoms with E-state index in [4.69, 9.17) is 4.74 Å². The van der Waals surface area contributed by atoms with Gasteiger partial charge in [0.25, 0.3) is 5.91 Å². The van der Waals surface area contributed by atoms with Crippen molar-refractivity contribution in [2.24, 2.45) is 0 Å². The summed E-state index contributed by atoms with van der Waals surface area (Å²) < 4.78 is 5.53. The second kappa shape index (κ2) is 8.99. The second-order valence-corrected chi connectivity index (χ2v) is 6.26. The number of anilines is 3. The largest absolute Gasteiger partial charge is 0.492 e. The van der Waals surface area contributed by atoms with E-state index >= 15 is 0 Å². The lowest BCUT2D eigenvalue weighted by Gasteiger charge is -2.13. The molecule has 0 aliphatic heterocycles. The Morgan fingerprint density at radius 1 is 1.04 bits per heavy atom. The number of aryl methyl sites for hydroxylation is 2. The van der Waals surface area contributed by atoms with Crippen LogP contribution in [0.25, 0.3) is 0 Å². The number of nitrogens with zero attached hydrogens (tertiary/aromatic N) is 2. The zero-order valence-corrected chi connectivity index (χ0v) is 16.3. The van der Waals surface area contributed by atoms with Crippen LogP contribution >= 0.6 is 0 Å². The summed E-state index contributed by atoms with van der Waals surface area (Å²) in [5, 5.41) is 6.13. The van der Waals surface area contributed by atoms with Gasteiger partial charge in [0.1, 0.15) is 17.3 Å². The highest BCUT2D eigenvalue weighted by molar-refractivity contribution is 6.03. The quantitative estimate of drug-likeness (QED) is 0.623. The van der Waals surface area contributed by atoms with Gasteiger partial charge in [-0.05, 0) is 43.5 Å². The van der Waals surface area contributed by atoms with Crippen molar-refractivity contribution in [2.45, 2.75) is 27.2 Å². The van der Waals surface area contributed by atoms with Gasteiger partial charge in [0, 0.05) is 5.69 Å². The van der Waals surface area contributed by atoms with Crippen molar-refractivity contribution in [3.63, 3.8) is 0 Å². The third-order valence-corrected chi connectivity index (χ3v) is 4.31. The van der Waals surface area contributed by atoms with Crippen molar-refractivity contribution in [1.82, 2.24) is 9.97 Å². The van der Waals surface area contributed by atoms with Gasteiger partial charge in [-0.3, -0.25) is 4.79 Å². The van der Waals surface area contributed by atoms with E-state index in [0.717, 1.165) is 17.7 Å². The number of aromatic nitrogens is 2. The van der Waals surface area contributed by atoms with Crippen molar-refractivity contribution >= 4 is 23.1 Å². The lowest BCUT2D eigenvalue weighted by Crippen LogP contribution is -2.15. The van der Waals surface area contributed by atoms with E-state index in [9.17, 15) is 4.79 Å². The normalized spacial score (nSPS) is 10.4. The Bertz CT molecular complexity index is 955. The zero-order chi connectivity index (χ0) is 19.9. The SMILES string of the molecule is CCOc1ccccc1NC(=O)c1cnc(Nc2c(C)cccc2CC)cn1. The highest BCUT2D eigenvalue weighted by Crippen LogP contribution is 2.25. The van der Waals surface area contributed by atoms with Gasteiger partial charge in [-0.1, -0.05) is 37.3 Å². The smallest absolute Gasteiger partial charge is 0.275 e. The number of amides is 1. The first-order chi connectivity index (χ1) is 13.6. The van der Waals surface area contributed by atoms with E-state index in [1.807, 2.05) is 44.2 Å². The summed E-state index contributed by atoms with van der Waals surface area (Å²) in [7, 11) is 0. The molecule has 1 heterocycles. The molecule has 0 aliphatic rings. The van der Waals surface area contributed by atoms with Crippen molar-refractivity contribution < 1.29 is 9.53 Å². The van der Waals surface area contributed by atoms with Gasteiger partial charge in [-0.15, -0.1) is 0 Å². The summed E-state index contributed by atoms with van der Waals surface area (Å²) >= 11 is 0. The molecule has 1 amide bonds. The summed E-state index contributed by atoms with van der Waals surface area (Å²) in [5.74, 6) is 0.878. The van der Waals surface area contributed by atoms with E-state index in [2.05, 4.69) is 33.6 Å². The minimum absolute atomic E-state index is 0.234. The van der Waals surface area contributed by atoms with Crippen LogP contribution in [-0.2, 0) is 6.42 Å². The molecule has 0 unspecified atom stereocenters. The number of hydrogen-bond acceptors (Lipinski definition) is 5. The Balaban J connectivity index is 1.74. The maximum absolute atomic E-state index is 12.5. The van der Waals surface area contributed by atoms with Crippen LogP contribution in [-0.4, -0.2) is 22.5 Å². The summed E-state index contributed by atoms with van der Waals surface area (Å²) in [6.07, 6.45) is 3.94. The Morgan fingerprint density at radius 2 is 1.86 bits per heavy atom. The maximum atomic E-state index is 12.5. The monoisotopic (exact) mass is 376 g/mol. The average molecular weight is 376 g/mol. The number of para-hydroxylation sites is 3. The number of benzene rings is 2. The van der Waals surface area contributed by atoms with Crippen LogP contribution in [0, 0.1) is 6.92 Å². The Hall–Kier alpha value is -3.41. The average Bonchev–Trinajstić information content (AvgIpc) is 2.71. The molecule has 6 nitrogen and oxygen atoms in total. The van der Waals surface area contributed by atoms with Gasteiger partial charge >= 0.3 is 0 Å². The van der Waals surface area contributed by atoms with Crippen molar-refractivity contribution in [1.29, 1.82) is 0 Å². The number of carbonyl (C=O) groups is 1. The van der Waals surface area contributed by atoms with Crippen LogP contribution < -0.4 is 15.4 Å². The molecule has 2 aromatic carbocycles. The second-order valence-electron chi connectivity index (χ2n) is 6.26. The molecule has 144 valence electrons. The van der Waals surface area contributed by atoms with Crippen molar-refractivity contribution in [2.75, 3.05) is 17.2 Å². The van der Waals surface area contributed by atoms with Crippen LogP contribution in [0.5, 0.6) is 5.75 Å². The molecular formula is C22H24N4O2. The van der Waals surface area contributed by atoms with E-state index in [1.165, 1.54) is 11.8 Å². The zero-order valence-electron chi connectivity index (χ0n) is 16.3. The lowest BCUT2D eigenvalue weighted by atomic mass is 10.1. The van der Waals surface area contributed by atoms with Crippen LogP contribution in [0.2, 0.25) is 0 Å². The van der Waals surface area contributed by atoms with Crippen molar-refractivity contribution in [3.05, 3.63) is 71.7 Å². The standard InChI is InChI=1S/C22H24N4O2/c1-4-16-10-8-9-15(3)21(16)26-20-14-23-18(13-24-20)22(27)25-17-11-6-7-12-19(17)28-5-2/h6-14H,4-5H2,1-3H3,(H,24,26)(H,25,27). The van der Waals surface area contributed by atoms with Crippen LogP contribution in [0.4, 0.5) is 17.2 Å². The minimum atomic E-state index is -0.337. The summed E-state index contributed by atoms with van der Waals surface area (Å²) in [4.78, 5) is 21.1. The van der Waals surface area contributed by atoms with Crippen molar-refractivity contribution in [3.8, 4) is 5.75 Å². The highest BCUT2D eigenvalue weighted by Gasteiger charge is 2.12. The molecule has 0 saturated carbocycles. The predicted octanol–water partition coefficient (Wildman–Crippen LogP) is 4.74. The molecule has 2 N–H and O–H groups in total. The molecule has 6 heteroatoms. The summed E-state index contributed by atoms with van der Waals surface area (Å²) in [5.41, 5.74) is 4.21. The van der Waals surface area contributed by atoms with Gasteiger partial charge < -0.3 is 15.4 Å². The third kappa shape index (κ3) is 4.46. The van der Waals surface area contributed by atoms with Crippen LogP contribution in [0.3, 0.4) is 0 Å². The topological polar surface area (TPSA) is 76.1 Å². The van der Waals surface area contributed by atoms with E-state index < -0.39 is 0 Å². The predicted molar refractivity (Wildman–Crippen MR) is 111 cm³/mol. The molecule has 0 bridgehead atoms. The molecule has 0 saturated heterocycles. The Labute approximate surface area is 165 Å². The van der Waals surface area contributed by atoms with E-state index in [1.54, 1.807) is 12.3 Å². The third-order valence-electron chi connectivity index (χ3n) is 4.31. The lowest BCUT2D eigenvalue weighted by molar-refractivity contribution is 0.102. The summed E-state index contributed by atoms with van der Waals surface area (Å²) in [6.45, 7) is 6.58. The highest BCUT2D eigenvalue weighted by atomic mass is 16.5. The molecule has 3 rings (SSSR count). The number of rotatable bonds is 7. The van der Waals surface area contributed by atoms with E-state index in [-0.39, 0.29) is 11.6 Å². The fourth-order valence-electron chi connectivity index (χ4n) is 2.88. The molecular weight excluding hydrogens is 352 g/mol. The van der Waals surface area contributed by atoms with E-state index in [0.29, 0.717) is 23.9 Å². The molecule has 0 radical (unpaired) electrons. The van der Waals surface area contributed by atoms with Crippen LogP contribution in [0.1, 0.15) is 35.5 Å². The Morgan fingerprint density at radius 3 is 2.57 bits per heavy atom. The van der Waals surface area contributed by atoms with Gasteiger partial charge in [0.2, 0.25) is 0 Å². The molecule has 28 heavy (non-hydrogen) atoms. The number of nitrogens with one attached hydrogen (secondary N) is 2. The molecule has 0 fully saturated rings. The number of ether oxygens (including phenoxy) is 1. The van der Waals surface area contributed by atoms with Gasteiger partial charge in [-0.2, -0.15) is 0 Å². The first-order valence-electron chi connectivity index (χ1n) is 9.33. The first kappa shape index (κ1) is 19.4. The summed E-state index contributed by atoms with van der Waals surface area (Å²) in [6, 6.07) is 13.5. The minimum Gasteiger partial charge on any atom is -0.492 e. The molecule has 0 spiro atoms. The first-order valence-corrected chi connectivity index (χ1v) is 9.33. The maximum Gasteiger partial charge on any atom is 0.275 e. The molecule has 0 atom stereocenters. The van der Waals surface area contributed by atoms with Gasteiger partial charge in [-0.25, -0.2) is 9.97 Å². The van der Waals surface area contributed by atoms with Gasteiger partial charge in [0.15, 0.2) is 0 Å². The van der Waals surface area contributed by atoms with Crippen LogP contribution in [0.15, 0.2) is 54.9 Å². The van der Waals surface area contributed by atoms with Gasteiger partial charge in [0.05, 0.1) is 24.7 Å². The number of hydrogen-bond donors (Lipinski definition) is 2. The fraction of sp³-hybridized carbons (Fsp3) is 0.227. The molecule has 1 aromatic heterocycles. The number of carbonyl (C=O) groups excluding carboxylic acids is 1. The molecule has 3 aromatic rings. The Kier molecular flexibility index (Phi) is 6.22. The fourth-order valence-corrected chi connectivity index (χ4v) is 2.88. The molecule has 0 aliphatic carbocycles.